The number of carboxylic acids is 1. The van der Waals surface area contributed by atoms with Crippen molar-refractivity contribution in [2.45, 2.75) is 50.9 Å². The van der Waals surface area contributed by atoms with Crippen LogP contribution in [0.1, 0.15) is 72.3 Å². The number of hydrogen-bond acceptors (Lipinski definition) is 4. The van der Waals surface area contributed by atoms with Gasteiger partial charge in [-0.15, -0.1) is 0 Å². The van der Waals surface area contributed by atoms with E-state index in [4.69, 9.17) is 5.73 Å². The number of nitrogens with two attached hydrogens (primary N) is 1. The number of benzene rings is 2. The summed E-state index contributed by atoms with van der Waals surface area (Å²) < 4.78 is 0. The van der Waals surface area contributed by atoms with Crippen molar-refractivity contribution >= 4 is 17.6 Å². The second-order valence-electron chi connectivity index (χ2n) is 7.79. The van der Waals surface area contributed by atoms with Crippen LogP contribution in [0, 0.1) is 0 Å². The molecule has 1 aliphatic heterocycles. The Hall–Kier alpha value is -1.82. The van der Waals surface area contributed by atoms with Gasteiger partial charge in [0.1, 0.15) is 0 Å². The van der Waals surface area contributed by atoms with E-state index in [1.54, 1.807) is 12.1 Å². The Bertz CT molecular complexity index is 848. The van der Waals surface area contributed by atoms with Crippen LogP contribution in [-0.2, 0) is 4.79 Å². The van der Waals surface area contributed by atoms with Gasteiger partial charge in [0.25, 0.3) is 0 Å². The number of carboxylic acid groups (broad SMARTS) is 1. The Labute approximate surface area is 200 Å². The second-order valence-corrected chi connectivity index (χ2v) is 7.79. The first-order chi connectivity index (χ1) is 14.0. The fourth-order valence-electron chi connectivity index (χ4n) is 4.46. The fraction of sp³-hybridized carbons (Fsp3) is 0.417. The van der Waals surface area contributed by atoms with Crippen LogP contribution in [0.2, 0.25) is 0 Å². The van der Waals surface area contributed by atoms with Crippen LogP contribution < -0.4 is 45.3 Å². The van der Waals surface area contributed by atoms with E-state index in [9.17, 15) is 14.7 Å². The van der Waals surface area contributed by atoms with Crippen molar-refractivity contribution in [2.75, 3.05) is 18.0 Å². The minimum absolute atomic E-state index is 0. The van der Waals surface area contributed by atoms with Crippen molar-refractivity contribution in [3.05, 3.63) is 65.2 Å². The Morgan fingerprint density at radius 1 is 1.03 bits per heavy atom. The van der Waals surface area contributed by atoms with Crippen LogP contribution >= 0.6 is 0 Å². The van der Waals surface area contributed by atoms with Gasteiger partial charge < -0.3 is 20.5 Å². The maximum atomic E-state index is 12.6. The van der Waals surface area contributed by atoms with Crippen molar-refractivity contribution < 1.29 is 44.3 Å². The molecular formula is C24H29N2NaO3. The molecule has 2 aromatic rings. The van der Waals surface area contributed by atoms with Crippen LogP contribution in [0.3, 0.4) is 0 Å². The molecule has 3 rings (SSSR count). The number of nitrogens with zero attached hydrogens (tertiary/aromatic N) is 1. The summed E-state index contributed by atoms with van der Waals surface area (Å²) in [5.41, 5.74) is 9.05. The van der Waals surface area contributed by atoms with Crippen molar-refractivity contribution in [1.29, 1.82) is 0 Å². The number of para-hydroxylation sites is 1. The molecule has 0 bridgehead atoms. The monoisotopic (exact) mass is 416 g/mol. The molecule has 5 nitrogen and oxygen atoms in total. The van der Waals surface area contributed by atoms with Gasteiger partial charge in [-0.3, -0.25) is 4.79 Å². The molecule has 1 amide bonds. The molecule has 0 radical (unpaired) electrons. The molecule has 1 fully saturated rings. The number of amides is 1. The van der Waals surface area contributed by atoms with Gasteiger partial charge in [0.15, 0.2) is 0 Å². The summed E-state index contributed by atoms with van der Waals surface area (Å²) in [4.78, 5) is 26.1. The van der Waals surface area contributed by atoms with Gasteiger partial charge in [-0.1, -0.05) is 55.8 Å². The van der Waals surface area contributed by atoms with Gasteiger partial charge in [0.05, 0.1) is 11.9 Å². The summed E-state index contributed by atoms with van der Waals surface area (Å²) in [5.74, 6) is -2.20. The topological polar surface area (TPSA) is 86.5 Å². The molecule has 2 N–H and O–H groups in total. The Balaban J connectivity index is 0.00000320. The summed E-state index contributed by atoms with van der Waals surface area (Å²) in [6, 6.07) is 14.7. The summed E-state index contributed by atoms with van der Waals surface area (Å²) >= 11 is 0. The molecule has 2 aromatic carbocycles. The molecule has 0 saturated carbocycles. The Kier molecular flexibility index (Phi) is 9.40. The van der Waals surface area contributed by atoms with E-state index in [0.717, 1.165) is 37.1 Å². The molecule has 2 unspecified atom stereocenters. The number of carbonyl (C=O) groups is 2. The number of hydrogen-bond donors (Lipinski definition) is 1. The molecule has 2 atom stereocenters. The predicted molar refractivity (Wildman–Crippen MR) is 113 cm³/mol. The van der Waals surface area contributed by atoms with Crippen molar-refractivity contribution in [3.8, 4) is 0 Å². The number of carbonyl (C=O) groups excluding carboxylic acids is 2. The SMILES string of the molecule is CCCC(c1ccccc1N1CCCCC1)C(C(N)=O)c1ccc(C(=O)[O-])cc1.[Na+]. The van der Waals surface area contributed by atoms with Crippen LogP contribution in [0.5, 0.6) is 0 Å². The summed E-state index contributed by atoms with van der Waals surface area (Å²) in [5, 5.41) is 11.1. The molecule has 1 saturated heterocycles. The molecular weight excluding hydrogens is 387 g/mol. The fourth-order valence-corrected chi connectivity index (χ4v) is 4.46. The van der Waals surface area contributed by atoms with E-state index in [-0.39, 0.29) is 41.0 Å². The number of aromatic carboxylic acids is 1. The van der Waals surface area contributed by atoms with E-state index >= 15 is 0 Å². The molecule has 154 valence electrons. The predicted octanol–water partition coefficient (Wildman–Crippen LogP) is 0.197. The van der Waals surface area contributed by atoms with Gasteiger partial charge >= 0.3 is 29.6 Å². The van der Waals surface area contributed by atoms with Crippen LogP contribution in [0.4, 0.5) is 5.69 Å². The largest absolute Gasteiger partial charge is 1.00 e. The van der Waals surface area contributed by atoms with Gasteiger partial charge in [-0.05, 0) is 48.4 Å². The van der Waals surface area contributed by atoms with E-state index in [1.807, 2.05) is 12.1 Å². The van der Waals surface area contributed by atoms with Gasteiger partial charge in [-0.25, -0.2) is 0 Å². The van der Waals surface area contributed by atoms with Crippen LogP contribution in [0.15, 0.2) is 48.5 Å². The minimum Gasteiger partial charge on any atom is -0.545 e. The zero-order valence-electron chi connectivity index (χ0n) is 18.0. The maximum absolute atomic E-state index is 12.6. The molecule has 1 heterocycles. The van der Waals surface area contributed by atoms with E-state index < -0.39 is 17.8 Å². The van der Waals surface area contributed by atoms with Crippen molar-refractivity contribution in [2.24, 2.45) is 5.73 Å². The molecule has 30 heavy (non-hydrogen) atoms. The standard InChI is InChI=1S/C24H30N2O3.Na/c1-2-8-20(19-9-4-5-10-21(19)26-15-6-3-7-16-26)22(23(25)27)17-11-13-18(14-12-17)24(28)29;/h4-5,9-14,20,22H,2-3,6-8,15-16H2,1H3,(H2,25,27)(H,28,29);/q;+1/p-1. The van der Waals surface area contributed by atoms with Crippen LogP contribution in [-0.4, -0.2) is 25.0 Å². The van der Waals surface area contributed by atoms with Crippen LogP contribution in [0.25, 0.3) is 0 Å². The normalized spacial score (nSPS) is 15.7. The summed E-state index contributed by atoms with van der Waals surface area (Å²) in [6.45, 7) is 4.16. The zero-order chi connectivity index (χ0) is 20.8. The molecule has 0 aromatic heterocycles. The third-order valence-corrected chi connectivity index (χ3v) is 5.85. The first-order valence-corrected chi connectivity index (χ1v) is 10.5. The van der Waals surface area contributed by atoms with Gasteiger partial charge in [0, 0.05) is 24.7 Å². The van der Waals surface area contributed by atoms with Gasteiger partial charge in [0.2, 0.25) is 5.91 Å². The number of piperidine rings is 1. The Morgan fingerprint density at radius 3 is 2.23 bits per heavy atom. The smallest absolute Gasteiger partial charge is 0.545 e. The van der Waals surface area contributed by atoms with Crippen molar-refractivity contribution in [3.63, 3.8) is 0 Å². The van der Waals surface area contributed by atoms with E-state index in [2.05, 4.69) is 24.0 Å². The molecule has 6 heteroatoms. The summed E-state index contributed by atoms with van der Waals surface area (Å²) in [6.07, 6.45) is 5.35. The average Bonchev–Trinajstić information content (AvgIpc) is 2.74. The van der Waals surface area contributed by atoms with Crippen molar-refractivity contribution in [1.82, 2.24) is 0 Å². The Morgan fingerprint density at radius 2 is 1.67 bits per heavy atom. The molecule has 0 spiro atoms. The second kappa shape index (κ2) is 11.5. The first kappa shape index (κ1) is 24.4. The average molecular weight is 416 g/mol. The van der Waals surface area contributed by atoms with E-state index in [0.29, 0.717) is 0 Å². The quantitative estimate of drug-likeness (QED) is 0.623. The molecule has 1 aliphatic rings. The summed E-state index contributed by atoms with van der Waals surface area (Å²) in [7, 11) is 0. The van der Waals surface area contributed by atoms with Gasteiger partial charge in [-0.2, -0.15) is 0 Å². The minimum atomic E-state index is -1.23. The molecule has 0 aliphatic carbocycles. The third-order valence-electron chi connectivity index (χ3n) is 5.85. The van der Waals surface area contributed by atoms with E-state index in [1.165, 1.54) is 37.1 Å². The number of primary amides is 1. The number of anilines is 1. The zero-order valence-corrected chi connectivity index (χ0v) is 20.0. The third kappa shape index (κ3) is 5.65. The maximum Gasteiger partial charge on any atom is 1.00 e. The first-order valence-electron chi connectivity index (χ1n) is 10.5. The number of rotatable bonds is 8.